The van der Waals surface area contributed by atoms with Crippen molar-refractivity contribution in [1.29, 1.82) is 0 Å². The Kier molecular flexibility index (Phi) is 9.04. The molecule has 7 heteroatoms. The number of hydrogen-bond acceptors (Lipinski definition) is 5. The van der Waals surface area contributed by atoms with E-state index in [2.05, 4.69) is 22.0 Å². The zero-order valence-corrected chi connectivity index (χ0v) is 21.4. The predicted octanol–water partition coefficient (Wildman–Crippen LogP) is 5.29. The first-order valence-electron chi connectivity index (χ1n) is 13.0. The summed E-state index contributed by atoms with van der Waals surface area (Å²) in [6.07, 6.45) is 8.17. The number of carbonyl (C=O) groups is 1. The van der Waals surface area contributed by atoms with E-state index in [1.54, 1.807) is 0 Å². The average molecular weight is 487 g/mol. The first kappa shape index (κ1) is 25.2. The molecular formula is C27H39ClN4O2. The van der Waals surface area contributed by atoms with E-state index in [4.69, 9.17) is 21.0 Å². The Balaban J connectivity index is 1.19. The summed E-state index contributed by atoms with van der Waals surface area (Å²) in [7, 11) is 0. The van der Waals surface area contributed by atoms with Gasteiger partial charge in [-0.25, -0.2) is 4.98 Å². The number of carbonyl (C=O) groups excluding carboxylic acids is 1. The summed E-state index contributed by atoms with van der Waals surface area (Å²) in [4.78, 5) is 22.4. The molecule has 2 fully saturated rings. The van der Waals surface area contributed by atoms with E-state index >= 15 is 0 Å². The van der Waals surface area contributed by atoms with Gasteiger partial charge in [-0.1, -0.05) is 24.4 Å². The van der Waals surface area contributed by atoms with Crippen LogP contribution in [0.25, 0.3) is 11.5 Å². The second-order valence-electron chi connectivity index (χ2n) is 9.96. The summed E-state index contributed by atoms with van der Waals surface area (Å²) in [5.74, 6) is 1.83. The van der Waals surface area contributed by atoms with E-state index in [0.717, 1.165) is 62.5 Å². The van der Waals surface area contributed by atoms with Crippen LogP contribution in [0.15, 0.2) is 28.7 Å². The van der Waals surface area contributed by atoms with E-state index in [9.17, 15) is 4.79 Å². The third-order valence-electron chi connectivity index (χ3n) is 7.44. The van der Waals surface area contributed by atoms with Gasteiger partial charge in [0, 0.05) is 35.6 Å². The summed E-state index contributed by atoms with van der Waals surface area (Å²) in [5, 5.41) is 3.92. The summed E-state index contributed by atoms with van der Waals surface area (Å²) in [6, 6.07) is 8.10. The maximum Gasteiger partial charge on any atom is 0.226 e. The quantitative estimate of drug-likeness (QED) is 0.549. The fraction of sp³-hybridized carbons (Fsp3) is 0.630. The number of nitrogens with zero attached hydrogens (tertiary/aromatic N) is 3. The second-order valence-corrected chi connectivity index (χ2v) is 10.4. The standard InChI is InChI=1S/C27H39ClN4O2/c1-20(32-15-5-3-4-6-16-32)11-14-29-26(33)22-12-17-31(18-13-22)19-25-21(2)34-27(30-25)23-7-9-24(28)10-8-23/h7-10,20,22H,3-6,11-19H2,1-2H3,(H,29,33). The third kappa shape index (κ3) is 6.83. The molecule has 2 aromatic rings. The molecule has 1 unspecified atom stereocenters. The molecule has 34 heavy (non-hydrogen) atoms. The topological polar surface area (TPSA) is 61.6 Å². The fourth-order valence-electron chi connectivity index (χ4n) is 5.12. The van der Waals surface area contributed by atoms with E-state index in [-0.39, 0.29) is 11.8 Å². The van der Waals surface area contributed by atoms with E-state index in [1.165, 1.54) is 38.8 Å². The van der Waals surface area contributed by atoms with Gasteiger partial charge in [0.2, 0.25) is 11.8 Å². The molecule has 3 heterocycles. The monoisotopic (exact) mass is 486 g/mol. The zero-order chi connectivity index (χ0) is 23.9. The lowest BCUT2D eigenvalue weighted by molar-refractivity contribution is -0.126. The number of benzene rings is 1. The van der Waals surface area contributed by atoms with E-state index in [0.29, 0.717) is 17.0 Å². The molecule has 0 saturated carbocycles. The molecule has 2 saturated heterocycles. The minimum absolute atomic E-state index is 0.118. The van der Waals surface area contributed by atoms with Crippen LogP contribution in [0.1, 0.15) is 63.3 Å². The number of aromatic nitrogens is 1. The van der Waals surface area contributed by atoms with Gasteiger partial charge < -0.3 is 14.6 Å². The highest BCUT2D eigenvalue weighted by atomic mass is 35.5. The molecule has 2 aliphatic heterocycles. The van der Waals surface area contributed by atoms with Gasteiger partial charge in [0.15, 0.2) is 0 Å². The highest BCUT2D eigenvalue weighted by molar-refractivity contribution is 6.30. The number of aryl methyl sites for hydroxylation is 1. The van der Waals surface area contributed by atoms with Crippen molar-refractivity contribution < 1.29 is 9.21 Å². The van der Waals surface area contributed by atoms with Crippen molar-refractivity contribution in [3.63, 3.8) is 0 Å². The van der Waals surface area contributed by atoms with E-state index < -0.39 is 0 Å². The zero-order valence-electron chi connectivity index (χ0n) is 20.7. The largest absolute Gasteiger partial charge is 0.441 e. The Morgan fingerprint density at radius 3 is 2.47 bits per heavy atom. The van der Waals surface area contributed by atoms with Crippen molar-refractivity contribution in [3.05, 3.63) is 40.7 Å². The van der Waals surface area contributed by atoms with Crippen LogP contribution in [-0.2, 0) is 11.3 Å². The van der Waals surface area contributed by atoms with Crippen LogP contribution in [0, 0.1) is 12.8 Å². The van der Waals surface area contributed by atoms with Crippen molar-refractivity contribution in [2.75, 3.05) is 32.7 Å². The maximum atomic E-state index is 12.7. The molecule has 0 aliphatic carbocycles. The molecule has 2 aliphatic rings. The number of amides is 1. The van der Waals surface area contributed by atoms with Gasteiger partial charge in [-0.05, 0) is 96.4 Å². The third-order valence-corrected chi connectivity index (χ3v) is 7.69. The molecular weight excluding hydrogens is 448 g/mol. The molecule has 186 valence electrons. The van der Waals surface area contributed by atoms with Crippen LogP contribution < -0.4 is 5.32 Å². The Bertz CT molecular complexity index is 913. The molecule has 0 spiro atoms. The van der Waals surface area contributed by atoms with Crippen LogP contribution in [0.2, 0.25) is 5.02 Å². The van der Waals surface area contributed by atoms with Gasteiger partial charge in [0.1, 0.15) is 5.76 Å². The number of nitrogens with one attached hydrogen (secondary N) is 1. The van der Waals surface area contributed by atoms with Crippen LogP contribution in [-0.4, -0.2) is 59.5 Å². The van der Waals surface area contributed by atoms with Crippen LogP contribution >= 0.6 is 11.6 Å². The Morgan fingerprint density at radius 1 is 1.12 bits per heavy atom. The molecule has 1 aromatic heterocycles. The summed E-state index contributed by atoms with van der Waals surface area (Å²) < 4.78 is 5.91. The smallest absolute Gasteiger partial charge is 0.226 e. The summed E-state index contributed by atoms with van der Waals surface area (Å²) >= 11 is 5.99. The lowest BCUT2D eigenvalue weighted by Crippen LogP contribution is -2.42. The van der Waals surface area contributed by atoms with Crippen molar-refractivity contribution in [2.24, 2.45) is 5.92 Å². The lowest BCUT2D eigenvalue weighted by Gasteiger charge is -2.31. The number of rotatable bonds is 8. The van der Waals surface area contributed by atoms with Crippen molar-refractivity contribution in [3.8, 4) is 11.5 Å². The Labute approximate surface area is 209 Å². The fourth-order valence-corrected chi connectivity index (χ4v) is 5.25. The number of hydrogen-bond donors (Lipinski definition) is 1. The van der Waals surface area contributed by atoms with Crippen LogP contribution in [0.3, 0.4) is 0 Å². The molecule has 1 atom stereocenters. The van der Waals surface area contributed by atoms with Crippen molar-refractivity contribution >= 4 is 17.5 Å². The van der Waals surface area contributed by atoms with E-state index in [1.807, 2.05) is 31.2 Å². The molecule has 1 amide bonds. The van der Waals surface area contributed by atoms with Crippen molar-refractivity contribution in [1.82, 2.24) is 20.1 Å². The first-order chi connectivity index (χ1) is 16.5. The molecule has 1 N–H and O–H groups in total. The minimum Gasteiger partial charge on any atom is -0.441 e. The normalized spacial score (nSPS) is 19.6. The predicted molar refractivity (Wildman–Crippen MR) is 137 cm³/mol. The van der Waals surface area contributed by atoms with Gasteiger partial charge in [0.25, 0.3) is 0 Å². The number of oxazole rings is 1. The number of halogens is 1. The first-order valence-corrected chi connectivity index (χ1v) is 13.3. The van der Waals surface area contributed by atoms with Gasteiger partial charge in [-0.15, -0.1) is 0 Å². The molecule has 6 nitrogen and oxygen atoms in total. The lowest BCUT2D eigenvalue weighted by atomic mass is 9.95. The molecule has 4 rings (SSSR count). The molecule has 0 bridgehead atoms. The Hall–Kier alpha value is -1.89. The Morgan fingerprint density at radius 2 is 1.79 bits per heavy atom. The molecule has 0 radical (unpaired) electrons. The highest BCUT2D eigenvalue weighted by Crippen LogP contribution is 2.25. The van der Waals surface area contributed by atoms with Gasteiger partial charge in [-0.3, -0.25) is 9.69 Å². The number of piperidine rings is 1. The van der Waals surface area contributed by atoms with Gasteiger partial charge >= 0.3 is 0 Å². The van der Waals surface area contributed by atoms with Gasteiger partial charge in [-0.2, -0.15) is 0 Å². The van der Waals surface area contributed by atoms with Gasteiger partial charge in [0.05, 0.1) is 5.69 Å². The second kappa shape index (κ2) is 12.2. The summed E-state index contributed by atoms with van der Waals surface area (Å²) in [5.41, 5.74) is 1.90. The maximum absolute atomic E-state index is 12.7. The minimum atomic E-state index is 0.118. The average Bonchev–Trinajstić information content (AvgIpc) is 3.02. The van der Waals surface area contributed by atoms with Crippen LogP contribution in [0.5, 0.6) is 0 Å². The number of likely N-dealkylation sites (tertiary alicyclic amines) is 2. The van der Waals surface area contributed by atoms with Crippen LogP contribution in [0.4, 0.5) is 0 Å². The highest BCUT2D eigenvalue weighted by Gasteiger charge is 2.26. The van der Waals surface area contributed by atoms with Crippen molar-refractivity contribution in [2.45, 2.75) is 71.4 Å². The summed E-state index contributed by atoms with van der Waals surface area (Å²) in [6.45, 7) is 10.0. The molecule has 1 aromatic carbocycles. The SMILES string of the molecule is Cc1oc(-c2ccc(Cl)cc2)nc1CN1CCC(C(=O)NCCC(C)N2CCCCCC2)CC1.